The molecule has 0 radical (unpaired) electrons. The lowest BCUT2D eigenvalue weighted by Crippen LogP contribution is -2.36. The Morgan fingerprint density at radius 3 is 2.87 bits per heavy atom. The number of benzene rings is 1. The first-order valence-corrected chi connectivity index (χ1v) is 8.44. The van der Waals surface area contributed by atoms with Crippen LogP contribution in [0.2, 0.25) is 0 Å². The molecule has 0 aliphatic carbocycles. The van der Waals surface area contributed by atoms with E-state index in [1.54, 1.807) is 0 Å². The van der Waals surface area contributed by atoms with Crippen LogP contribution >= 0.6 is 24.0 Å². The number of likely N-dealkylation sites (N-methyl/N-ethyl adjacent to an activating group) is 1. The van der Waals surface area contributed by atoms with E-state index >= 15 is 0 Å². The fourth-order valence-corrected chi connectivity index (χ4v) is 3.23. The summed E-state index contributed by atoms with van der Waals surface area (Å²) < 4.78 is 0. The monoisotopic (exact) mass is 430 g/mol. The summed E-state index contributed by atoms with van der Waals surface area (Å²) in [6.45, 7) is 10.5. The molecular formula is C18H31IN4. The highest BCUT2D eigenvalue weighted by atomic mass is 127. The summed E-state index contributed by atoms with van der Waals surface area (Å²) in [5.74, 6) is 0.577. The zero-order chi connectivity index (χ0) is 15.9. The first-order valence-electron chi connectivity index (χ1n) is 8.44. The van der Waals surface area contributed by atoms with Crippen LogP contribution in [0.4, 0.5) is 0 Å². The van der Waals surface area contributed by atoms with Gasteiger partial charge in [0.25, 0.3) is 0 Å². The predicted octanol–water partition coefficient (Wildman–Crippen LogP) is 2.85. The van der Waals surface area contributed by atoms with Gasteiger partial charge in [-0.25, -0.2) is 0 Å². The Hall–Kier alpha value is -0.820. The molecule has 1 aromatic carbocycles. The summed E-state index contributed by atoms with van der Waals surface area (Å²) in [4.78, 5) is 7.01. The minimum absolute atomic E-state index is 0. The maximum atomic E-state index is 5.99. The van der Waals surface area contributed by atoms with Crippen molar-refractivity contribution in [3.8, 4) is 0 Å². The standard InChI is InChI=1S/C18H30N4.HI/c1-4-22-11-5-6-17(22)13-21-18(19)20-10-9-16-8-7-14(2)12-15(16)3;/h7-8,12,17H,4-6,9-11,13H2,1-3H3,(H3,19,20,21);1H. The molecule has 0 saturated carbocycles. The van der Waals surface area contributed by atoms with Gasteiger partial charge in [0, 0.05) is 12.6 Å². The average Bonchev–Trinajstić information content (AvgIpc) is 2.95. The fraction of sp³-hybridized carbons (Fsp3) is 0.611. The molecule has 1 fully saturated rings. The molecule has 0 bridgehead atoms. The van der Waals surface area contributed by atoms with Crippen LogP contribution in [0.5, 0.6) is 0 Å². The molecule has 1 atom stereocenters. The zero-order valence-electron chi connectivity index (χ0n) is 14.6. The van der Waals surface area contributed by atoms with E-state index in [-0.39, 0.29) is 24.0 Å². The average molecular weight is 430 g/mol. The SMILES string of the molecule is CCN1CCCC1CN=C(N)NCCc1ccc(C)cc1C.I. The quantitative estimate of drug-likeness (QED) is 0.415. The molecule has 0 amide bonds. The van der Waals surface area contributed by atoms with Gasteiger partial charge in [0.1, 0.15) is 0 Å². The number of guanidine groups is 1. The summed E-state index contributed by atoms with van der Waals surface area (Å²) in [7, 11) is 0. The first kappa shape index (κ1) is 20.2. The highest BCUT2D eigenvalue weighted by Crippen LogP contribution is 2.16. The third kappa shape index (κ3) is 6.30. The number of nitrogens with zero attached hydrogens (tertiary/aromatic N) is 2. The molecule has 1 unspecified atom stereocenters. The molecule has 0 spiro atoms. The summed E-state index contributed by atoms with van der Waals surface area (Å²) >= 11 is 0. The first-order chi connectivity index (χ1) is 10.6. The lowest BCUT2D eigenvalue weighted by atomic mass is 10.0. The van der Waals surface area contributed by atoms with Crippen molar-refractivity contribution in [2.45, 2.75) is 46.1 Å². The Labute approximate surface area is 157 Å². The number of aryl methyl sites for hydroxylation is 2. The Bertz CT molecular complexity index is 516. The van der Waals surface area contributed by atoms with Crippen molar-refractivity contribution in [1.29, 1.82) is 0 Å². The number of halogens is 1. The summed E-state index contributed by atoms with van der Waals surface area (Å²) in [6.07, 6.45) is 3.51. The van der Waals surface area contributed by atoms with E-state index in [1.165, 1.54) is 36.1 Å². The molecule has 1 aliphatic rings. The number of hydrogen-bond donors (Lipinski definition) is 2. The second kappa shape index (κ2) is 10.1. The van der Waals surface area contributed by atoms with Crippen molar-refractivity contribution in [1.82, 2.24) is 10.2 Å². The second-order valence-electron chi connectivity index (χ2n) is 6.26. The van der Waals surface area contributed by atoms with Crippen molar-refractivity contribution < 1.29 is 0 Å². The van der Waals surface area contributed by atoms with Crippen molar-refractivity contribution in [3.05, 3.63) is 34.9 Å². The second-order valence-corrected chi connectivity index (χ2v) is 6.26. The number of hydrogen-bond acceptors (Lipinski definition) is 2. The molecule has 0 aromatic heterocycles. The minimum atomic E-state index is 0. The Morgan fingerprint density at radius 2 is 2.17 bits per heavy atom. The number of aliphatic imine (C=N–C) groups is 1. The summed E-state index contributed by atoms with van der Waals surface area (Å²) in [6, 6.07) is 7.17. The van der Waals surface area contributed by atoms with E-state index in [9.17, 15) is 0 Å². The van der Waals surface area contributed by atoms with Crippen LogP contribution in [0.15, 0.2) is 23.2 Å². The number of rotatable bonds is 6. The van der Waals surface area contributed by atoms with Crippen molar-refractivity contribution in [2.75, 3.05) is 26.2 Å². The van der Waals surface area contributed by atoms with Gasteiger partial charge >= 0.3 is 0 Å². The van der Waals surface area contributed by atoms with Crippen LogP contribution in [0.25, 0.3) is 0 Å². The van der Waals surface area contributed by atoms with E-state index in [1.807, 2.05) is 0 Å². The van der Waals surface area contributed by atoms with Crippen LogP contribution in [-0.2, 0) is 6.42 Å². The third-order valence-corrected chi connectivity index (χ3v) is 4.58. The van der Waals surface area contributed by atoms with Crippen molar-refractivity contribution in [3.63, 3.8) is 0 Å². The van der Waals surface area contributed by atoms with E-state index < -0.39 is 0 Å². The molecule has 23 heavy (non-hydrogen) atoms. The predicted molar refractivity (Wildman–Crippen MR) is 110 cm³/mol. The van der Waals surface area contributed by atoms with E-state index in [2.05, 4.69) is 54.2 Å². The van der Waals surface area contributed by atoms with Gasteiger partial charge < -0.3 is 11.1 Å². The molecule has 130 valence electrons. The third-order valence-electron chi connectivity index (χ3n) is 4.58. The number of likely N-dealkylation sites (tertiary alicyclic amines) is 1. The van der Waals surface area contributed by atoms with Gasteiger partial charge in [-0.2, -0.15) is 0 Å². The van der Waals surface area contributed by atoms with E-state index in [0.717, 1.165) is 26.1 Å². The fourth-order valence-electron chi connectivity index (χ4n) is 3.23. The van der Waals surface area contributed by atoms with E-state index in [0.29, 0.717) is 12.0 Å². The molecule has 1 heterocycles. The summed E-state index contributed by atoms with van der Waals surface area (Å²) in [5, 5.41) is 3.24. The maximum absolute atomic E-state index is 5.99. The molecule has 4 nitrogen and oxygen atoms in total. The molecule has 1 saturated heterocycles. The van der Waals surface area contributed by atoms with Gasteiger partial charge in [-0.05, 0) is 57.3 Å². The largest absolute Gasteiger partial charge is 0.370 e. The Kier molecular flexibility index (Phi) is 8.91. The van der Waals surface area contributed by atoms with Crippen molar-refractivity contribution >= 4 is 29.9 Å². The lowest BCUT2D eigenvalue weighted by molar-refractivity contribution is 0.273. The van der Waals surface area contributed by atoms with Gasteiger partial charge in [-0.3, -0.25) is 9.89 Å². The minimum Gasteiger partial charge on any atom is -0.370 e. The van der Waals surface area contributed by atoms with Crippen LogP contribution in [0.3, 0.4) is 0 Å². The van der Waals surface area contributed by atoms with Crippen molar-refractivity contribution in [2.24, 2.45) is 10.7 Å². The van der Waals surface area contributed by atoms with Gasteiger partial charge in [0.2, 0.25) is 0 Å². The molecule has 5 heteroatoms. The number of nitrogens with one attached hydrogen (secondary N) is 1. The van der Waals surface area contributed by atoms with Gasteiger partial charge in [-0.1, -0.05) is 30.7 Å². The highest BCUT2D eigenvalue weighted by molar-refractivity contribution is 14.0. The Balaban J connectivity index is 0.00000264. The summed E-state index contributed by atoms with van der Waals surface area (Å²) in [5.41, 5.74) is 10.0. The molecule has 1 aliphatic heterocycles. The number of nitrogens with two attached hydrogens (primary N) is 1. The molecular weight excluding hydrogens is 399 g/mol. The van der Waals surface area contributed by atoms with Crippen LogP contribution in [0.1, 0.15) is 36.5 Å². The topological polar surface area (TPSA) is 53.6 Å². The maximum Gasteiger partial charge on any atom is 0.188 e. The smallest absolute Gasteiger partial charge is 0.188 e. The Morgan fingerprint density at radius 1 is 1.39 bits per heavy atom. The highest BCUT2D eigenvalue weighted by Gasteiger charge is 2.22. The molecule has 3 N–H and O–H groups in total. The molecule has 1 aromatic rings. The van der Waals surface area contributed by atoms with E-state index in [4.69, 9.17) is 5.73 Å². The molecule has 2 rings (SSSR count). The van der Waals surface area contributed by atoms with Crippen LogP contribution in [-0.4, -0.2) is 43.1 Å². The lowest BCUT2D eigenvalue weighted by Gasteiger charge is -2.21. The van der Waals surface area contributed by atoms with Crippen LogP contribution < -0.4 is 11.1 Å². The van der Waals surface area contributed by atoms with Gasteiger partial charge in [0.05, 0.1) is 6.54 Å². The van der Waals surface area contributed by atoms with Gasteiger partial charge in [0.15, 0.2) is 5.96 Å². The zero-order valence-corrected chi connectivity index (χ0v) is 17.0. The normalized spacial score (nSPS) is 18.7. The van der Waals surface area contributed by atoms with Gasteiger partial charge in [-0.15, -0.1) is 24.0 Å². The van der Waals surface area contributed by atoms with Crippen LogP contribution in [0, 0.1) is 13.8 Å².